The van der Waals surface area contributed by atoms with Crippen LogP contribution in [0.4, 0.5) is 10.5 Å². The van der Waals surface area contributed by atoms with Gasteiger partial charge in [-0.3, -0.25) is 4.79 Å². The van der Waals surface area contributed by atoms with E-state index in [9.17, 15) is 9.59 Å². The van der Waals surface area contributed by atoms with Gasteiger partial charge in [0, 0.05) is 36.7 Å². The quantitative estimate of drug-likeness (QED) is 0.432. The highest BCUT2D eigenvalue weighted by Crippen LogP contribution is 2.26. The Morgan fingerprint density at radius 1 is 1.08 bits per heavy atom. The topological polar surface area (TPSA) is 80.0 Å². The number of hydrogen-bond acceptors (Lipinski definition) is 4. The molecule has 1 aliphatic rings. The van der Waals surface area contributed by atoms with Crippen molar-refractivity contribution in [2.45, 2.75) is 26.4 Å². The Morgan fingerprint density at radius 3 is 2.64 bits per heavy atom. The second kappa shape index (κ2) is 9.81. The number of amides is 3. The molecule has 2 aromatic carbocycles. The summed E-state index contributed by atoms with van der Waals surface area (Å²) < 4.78 is 13.0. The number of anilines is 1. The Labute approximate surface area is 210 Å². The number of benzene rings is 2. The van der Waals surface area contributed by atoms with Gasteiger partial charge in [-0.25, -0.2) is 4.79 Å². The van der Waals surface area contributed by atoms with Gasteiger partial charge in [-0.05, 0) is 55.8 Å². The van der Waals surface area contributed by atoms with Crippen LogP contribution in [0.2, 0.25) is 0 Å². The van der Waals surface area contributed by atoms with Gasteiger partial charge >= 0.3 is 6.03 Å². The molecule has 0 aliphatic carbocycles. The molecule has 1 unspecified atom stereocenters. The number of piperazine rings is 1. The lowest BCUT2D eigenvalue weighted by Gasteiger charge is -2.39. The molecule has 1 aliphatic heterocycles. The molecule has 1 fully saturated rings. The lowest BCUT2D eigenvalue weighted by Crippen LogP contribution is -2.56. The fourth-order valence-electron chi connectivity index (χ4n) is 4.70. The maximum absolute atomic E-state index is 13.7. The highest BCUT2D eigenvalue weighted by atomic mass is 16.5. The average Bonchev–Trinajstić information content (AvgIpc) is 3.47. The van der Waals surface area contributed by atoms with Crippen molar-refractivity contribution in [3.8, 4) is 5.75 Å². The second-order valence-electron chi connectivity index (χ2n) is 9.24. The lowest BCUT2D eigenvalue weighted by molar-refractivity contribution is 0.0582. The Hall–Kier alpha value is -4.20. The van der Waals surface area contributed by atoms with Crippen molar-refractivity contribution in [2.75, 3.05) is 32.1 Å². The fraction of sp³-hybridized carbons (Fsp3) is 0.286. The highest BCUT2D eigenvalue weighted by molar-refractivity contribution is 5.98. The zero-order chi connectivity index (χ0) is 25.2. The molecule has 186 valence electrons. The number of urea groups is 1. The van der Waals surface area contributed by atoms with Crippen molar-refractivity contribution in [1.29, 1.82) is 0 Å². The lowest BCUT2D eigenvalue weighted by atomic mass is 10.1. The molecular formula is C28H30N4O4. The third-order valence-corrected chi connectivity index (χ3v) is 6.67. The van der Waals surface area contributed by atoms with Crippen molar-refractivity contribution in [2.24, 2.45) is 0 Å². The number of carbonyl (C=O) groups excluding carboxylic acids is 2. The van der Waals surface area contributed by atoms with E-state index < -0.39 is 0 Å². The molecule has 1 atom stereocenters. The molecule has 36 heavy (non-hydrogen) atoms. The van der Waals surface area contributed by atoms with Crippen molar-refractivity contribution >= 4 is 28.7 Å². The van der Waals surface area contributed by atoms with Crippen LogP contribution in [0.3, 0.4) is 0 Å². The van der Waals surface area contributed by atoms with Gasteiger partial charge in [0.2, 0.25) is 5.71 Å². The minimum Gasteiger partial charge on any atom is -0.497 e. The average molecular weight is 487 g/mol. The van der Waals surface area contributed by atoms with Gasteiger partial charge < -0.3 is 28.8 Å². The third-order valence-electron chi connectivity index (χ3n) is 6.67. The molecule has 3 amide bonds. The van der Waals surface area contributed by atoms with E-state index >= 15 is 0 Å². The van der Waals surface area contributed by atoms with Gasteiger partial charge in [0.15, 0.2) is 0 Å². The summed E-state index contributed by atoms with van der Waals surface area (Å²) in [6.07, 6.45) is 1.63. The van der Waals surface area contributed by atoms with Crippen LogP contribution in [0.1, 0.15) is 28.5 Å². The van der Waals surface area contributed by atoms with Gasteiger partial charge in [0.25, 0.3) is 5.91 Å². The number of furan rings is 1. The van der Waals surface area contributed by atoms with Gasteiger partial charge in [0.1, 0.15) is 11.4 Å². The van der Waals surface area contributed by atoms with E-state index in [-0.39, 0.29) is 18.0 Å². The highest BCUT2D eigenvalue weighted by Gasteiger charge is 2.32. The molecule has 1 N–H and O–H groups in total. The molecule has 0 saturated carbocycles. The molecule has 0 radical (unpaired) electrons. The number of carbonyl (C=O) groups is 2. The van der Waals surface area contributed by atoms with Crippen molar-refractivity contribution in [1.82, 2.24) is 14.4 Å². The monoisotopic (exact) mass is 486 g/mol. The predicted molar refractivity (Wildman–Crippen MR) is 139 cm³/mol. The minimum atomic E-state index is -0.155. The number of rotatable bonds is 5. The summed E-state index contributed by atoms with van der Waals surface area (Å²) in [4.78, 5) is 30.2. The van der Waals surface area contributed by atoms with Crippen LogP contribution in [0.5, 0.6) is 5.75 Å². The largest absolute Gasteiger partial charge is 0.497 e. The first-order valence-corrected chi connectivity index (χ1v) is 12.1. The van der Waals surface area contributed by atoms with Crippen LogP contribution < -0.4 is 10.1 Å². The van der Waals surface area contributed by atoms with Gasteiger partial charge in [-0.1, -0.05) is 29.8 Å². The van der Waals surface area contributed by atoms with Crippen LogP contribution in [-0.4, -0.2) is 59.1 Å². The van der Waals surface area contributed by atoms with Crippen LogP contribution in [0.25, 0.3) is 11.1 Å². The van der Waals surface area contributed by atoms with E-state index in [1.54, 1.807) is 18.3 Å². The molecule has 0 bridgehead atoms. The maximum atomic E-state index is 13.7. The summed E-state index contributed by atoms with van der Waals surface area (Å²) in [5, 5.41) is 3.84. The molecule has 8 nitrogen and oxygen atoms in total. The molecule has 3 heterocycles. The zero-order valence-corrected chi connectivity index (χ0v) is 20.7. The van der Waals surface area contributed by atoms with Crippen LogP contribution in [0, 0.1) is 6.92 Å². The van der Waals surface area contributed by atoms with Crippen molar-refractivity contribution in [3.05, 3.63) is 83.7 Å². The predicted octanol–water partition coefficient (Wildman–Crippen LogP) is 4.98. The van der Waals surface area contributed by atoms with Crippen LogP contribution in [-0.2, 0) is 6.54 Å². The smallest absolute Gasteiger partial charge is 0.322 e. The summed E-state index contributed by atoms with van der Waals surface area (Å²) in [5.41, 5.74) is 4.12. The minimum absolute atomic E-state index is 0.0743. The maximum Gasteiger partial charge on any atom is 0.322 e. The Balaban J connectivity index is 1.32. The molecule has 5 rings (SSSR count). The van der Waals surface area contributed by atoms with Gasteiger partial charge in [0.05, 0.1) is 19.9 Å². The van der Waals surface area contributed by atoms with E-state index in [0.29, 0.717) is 37.6 Å². The van der Waals surface area contributed by atoms with Gasteiger partial charge in [-0.2, -0.15) is 0 Å². The molecule has 1 saturated heterocycles. The molecule has 4 aromatic rings. The molecule has 0 spiro atoms. The first kappa shape index (κ1) is 23.5. The summed E-state index contributed by atoms with van der Waals surface area (Å²) in [7, 11) is 1.64. The number of nitrogens with one attached hydrogen (secondary N) is 1. The number of aromatic nitrogens is 1. The Kier molecular flexibility index (Phi) is 6.41. The van der Waals surface area contributed by atoms with E-state index in [1.165, 1.54) is 0 Å². The number of fused-ring (bicyclic) bond motifs is 1. The molecule has 8 heteroatoms. The summed E-state index contributed by atoms with van der Waals surface area (Å²) in [6.45, 7) is 5.81. The number of hydrogen-bond donors (Lipinski definition) is 1. The molecular weight excluding hydrogens is 456 g/mol. The number of methoxy groups -OCH3 is 1. The fourth-order valence-corrected chi connectivity index (χ4v) is 4.70. The zero-order valence-electron chi connectivity index (χ0n) is 20.7. The van der Waals surface area contributed by atoms with E-state index in [0.717, 1.165) is 28.0 Å². The van der Waals surface area contributed by atoms with Crippen molar-refractivity contribution in [3.63, 3.8) is 0 Å². The summed E-state index contributed by atoms with van der Waals surface area (Å²) in [5.74, 6) is 0.687. The summed E-state index contributed by atoms with van der Waals surface area (Å²) >= 11 is 0. The second-order valence-corrected chi connectivity index (χ2v) is 9.24. The first-order valence-electron chi connectivity index (χ1n) is 12.1. The van der Waals surface area contributed by atoms with E-state index in [4.69, 9.17) is 9.15 Å². The Morgan fingerprint density at radius 2 is 1.89 bits per heavy atom. The number of nitrogens with zero attached hydrogens (tertiary/aromatic N) is 3. The third kappa shape index (κ3) is 4.66. The van der Waals surface area contributed by atoms with Crippen molar-refractivity contribution < 1.29 is 18.7 Å². The van der Waals surface area contributed by atoms with E-state index in [1.807, 2.05) is 84.0 Å². The molecule has 2 aromatic heterocycles. The number of aryl methyl sites for hydroxylation is 1. The van der Waals surface area contributed by atoms with E-state index in [2.05, 4.69) is 5.32 Å². The van der Waals surface area contributed by atoms with Gasteiger partial charge in [-0.15, -0.1) is 0 Å². The Bertz CT molecular complexity index is 1390. The standard InChI is InChI=1S/C28H30N4O4/c1-19-7-9-23(10-8-19)29-28(34)31-13-12-30(17-20(31)2)26(33)25-16-22-11-14-36-27(22)32(25)18-21-5-4-6-24(15-21)35-3/h4-11,14-16,20H,12-13,17-18H2,1-3H3,(H,29,34). The normalized spacial score (nSPS) is 15.8. The first-order chi connectivity index (χ1) is 17.4. The van der Waals surface area contributed by atoms with Crippen LogP contribution in [0.15, 0.2) is 71.3 Å². The summed E-state index contributed by atoms with van der Waals surface area (Å²) in [6, 6.07) is 19.0. The number of ether oxygens (including phenoxy) is 1. The SMILES string of the molecule is COc1cccc(Cn2c(C(=O)N3CCN(C(=O)Nc4ccc(C)cc4)C(C)C3)cc3ccoc32)c1. The van der Waals surface area contributed by atoms with Crippen LogP contribution >= 0.6 is 0 Å².